The van der Waals surface area contributed by atoms with Gasteiger partial charge in [0.1, 0.15) is 12.4 Å². The average molecular weight is 340 g/mol. The van der Waals surface area contributed by atoms with Crippen LogP contribution in [0.2, 0.25) is 0 Å². The van der Waals surface area contributed by atoms with Gasteiger partial charge in [-0.25, -0.2) is 0 Å². The van der Waals surface area contributed by atoms with Crippen LogP contribution in [-0.4, -0.2) is 37.0 Å². The minimum absolute atomic E-state index is 0. The van der Waals surface area contributed by atoms with Gasteiger partial charge in [-0.3, -0.25) is 4.90 Å². The number of likely N-dealkylation sites (N-methyl/N-ethyl adjacent to an activating group) is 1. The zero-order chi connectivity index (χ0) is 14.9. The summed E-state index contributed by atoms with van der Waals surface area (Å²) < 4.78 is 5.99. The Balaban J connectivity index is 0.00000242. The first kappa shape index (κ1) is 18.8. The molecule has 0 atom stereocenters. The normalized spacial score (nSPS) is 10.3. The van der Waals surface area contributed by atoms with E-state index < -0.39 is 0 Å². The number of benzene rings is 2. The van der Waals surface area contributed by atoms with E-state index in [1.807, 2.05) is 36.4 Å². The van der Waals surface area contributed by atoms with E-state index in [-0.39, 0.29) is 12.4 Å². The second-order valence-corrected chi connectivity index (χ2v) is 5.21. The summed E-state index contributed by atoms with van der Waals surface area (Å²) in [7, 11) is 0. The summed E-state index contributed by atoms with van der Waals surface area (Å²) in [5.74, 6) is 1.60. The predicted octanol–water partition coefficient (Wildman–Crippen LogP) is 4.71. The van der Waals surface area contributed by atoms with Gasteiger partial charge in [0.2, 0.25) is 0 Å². The first-order valence-electron chi connectivity index (χ1n) is 7.40. The third kappa shape index (κ3) is 5.53. The van der Waals surface area contributed by atoms with Crippen molar-refractivity contribution in [3.8, 4) is 16.9 Å². The highest BCUT2D eigenvalue weighted by Crippen LogP contribution is 2.29. The smallest absolute Gasteiger partial charge is 0.127 e. The lowest BCUT2D eigenvalue weighted by Gasteiger charge is -2.19. The topological polar surface area (TPSA) is 12.5 Å². The van der Waals surface area contributed by atoms with E-state index in [0.29, 0.717) is 12.5 Å². The van der Waals surface area contributed by atoms with Gasteiger partial charge in [0.05, 0.1) is 0 Å². The van der Waals surface area contributed by atoms with Crippen LogP contribution in [0.3, 0.4) is 0 Å². The lowest BCUT2D eigenvalue weighted by molar-refractivity contribution is 0.224. The van der Waals surface area contributed by atoms with Crippen LogP contribution in [0.15, 0.2) is 54.6 Å². The Morgan fingerprint density at radius 1 is 0.955 bits per heavy atom. The molecule has 0 aliphatic rings. The molecular formula is C18H23Cl2NO. The van der Waals surface area contributed by atoms with E-state index in [9.17, 15) is 0 Å². The fourth-order valence-corrected chi connectivity index (χ4v) is 2.52. The van der Waals surface area contributed by atoms with E-state index in [1.165, 1.54) is 5.56 Å². The number of para-hydroxylation sites is 1. The second kappa shape index (κ2) is 10.5. The molecule has 4 heteroatoms. The number of halogens is 2. The number of hydrogen-bond donors (Lipinski definition) is 0. The van der Waals surface area contributed by atoms with Gasteiger partial charge in [0.25, 0.3) is 0 Å². The van der Waals surface area contributed by atoms with E-state index >= 15 is 0 Å². The van der Waals surface area contributed by atoms with Crippen LogP contribution in [0, 0.1) is 0 Å². The minimum atomic E-state index is 0. The molecule has 0 spiro atoms. The van der Waals surface area contributed by atoms with Crippen molar-refractivity contribution < 1.29 is 4.74 Å². The Labute approximate surface area is 144 Å². The SMILES string of the molecule is CCN(CCCl)CCOc1ccccc1-c1ccccc1.Cl. The Morgan fingerprint density at radius 2 is 1.64 bits per heavy atom. The lowest BCUT2D eigenvalue weighted by Crippen LogP contribution is -2.30. The summed E-state index contributed by atoms with van der Waals surface area (Å²) in [6, 6.07) is 18.5. The first-order chi connectivity index (χ1) is 10.3. The number of hydrogen-bond acceptors (Lipinski definition) is 2. The molecule has 0 radical (unpaired) electrons. The molecule has 0 fully saturated rings. The lowest BCUT2D eigenvalue weighted by atomic mass is 10.1. The Hall–Kier alpha value is -1.22. The van der Waals surface area contributed by atoms with E-state index in [4.69, 9.17) is 16.3 Å². The number of nitrogens with zero attached hydrogens (tertiary/aromatic N) is 1. The molecule has 0 N–H and O–H groups in total. The molecule has 0 heterocycles. The summed E-state index contributed by atoms with van der Waals surface area (Å²) in [5.41, 5.74) is 2.32. The van der Waals surface area contributed by atoms with Gasteiger partial charge in [0.15, 0.2) is 0 Å². The molecule has 120 valence electrons. The summed E-state index contributed by atoms with van der Waals surface area (Å²) in [4.78, 5) is 2.29. The molecule has 0 aromatic heterocycles. The molecule has 0 aliphatic carbocycles. The van der Waals surface area contributed by atoms with Crippen molar-refractivity contribution in [2.75, 3.05) is 32.1 Å². The monoisotopic (exact) mass is 339 g/mol. The van der Waals surface area contributed by atoms with Crippen LogP contribution >= 0.6 is 24.0 Å². The minimum Gasteiger partial charge on any atom is -0.492 e. The largest absolute Gasteiger partial charge is 0.492 e. The number of ether oxygens (including phenoxy) is 1. The van der Waals surface area contributed by atoms with Gasteiger partial charge in [-0.1, -0.05) is 55.5 Å². The summed E-state index contributed by atoms with van der Waals surface area (Å²) in [5, 5.41) is 0. The van der Waals surface area contributed by atoms with Gasteiger partial charge >= 0.3 is 0 Å². The third-order valence-corrected chi connectivity index (χ3v) is 3.65. The molecule has 2 rings (SSSR count). The Bertz CT molecular complexity index is 534. The van der Waals surface area contributed by atoms with Gasteiger partial charge in [-0.05, 0) is 18.2 Å². The van der Waals surface area contributed by atoms with Crippen LogP contribution in [-0.2, 0) is 0 Å². The van der Waals surface area contributed by atoms with Gasteiger partial charge < -0.3 is 4.74 Å². The van der Waals surface area contributed by atoms with Crippen LogP contribution in [0.1, 0.15) is 6.92 Å². The molecule has 0 saturated carbocycles. The van der Waals surface area contributed by atoms with E-state index in [1.54, 1.807) is 0 Å². The molecule has 0 saturated heterocycles. The molecule has 2 aromatic rings. The Morgan fingerprint density at radius 3 is 2.32 bits per heavy atom. The van der Waals surface area contributed by atoms with Crippen molar-refractivity contribution in [3.63, 3.8) is 0 Å². The zero-order valence-electron chi connectivity index (χ0n) is 12.9. The summed E-state index contributed by atoms with van der Waals surface area (Å²) in [6.45, 7) is 5.61. The molecule has 22 heavy (non-hydrogen) atoms. The maximum Gasteiger partial charge on any atom is 0.127 e. The van der Waals surface area contributed by atoms with Crippen molar-refractivity contribution >= 4 is 24.0 Å². The zero-order valence-corrected chi connectivity index (χ0v) is 14.4. The maximum atomic E-state index is 5.99. The highest BCUT2D eigenvalue weighted by Gasteiger charge is 2.06. The molecular weight excluding hydrogens is 317 g/mol. The quantitative estimate of drug-likeness (QED) is 0.645. The standard InChI is InChI=1S/C18H22ClNO.ClH/c1-2-20(13-12-19)14-15-21-18-11-7-6-10-17(18)16-8-4-3-5-9-16;/h3-11H,2,12-15H2,1H3;1H. The summed E-state index contributed by atoms with van der Waals surface area (Å²) in [6.07, 6.45) is 0. The first-order valence-corrected chi connectivity index (χ1v) is 7.94. The third-order valence-electron chi connectivity index (χ3n) is 3.48. The molecule has 2 aromatic carbocycles. The number of alkyl halides is 1. The molecule has 0 unspecified atom stereocenters. The highest BCUT2D eigenvalue weighted by atomic mass is 35.5. The van der Waals surface area contributed by atoms with E-state index in [0.717, 1.165) is 30.9 Å². The molecule has 0 bridgehead atoms. The van der Waals surface area contributed by atoms with Crippen molar-refractivity contribution in [1.29, 1.82) is 0 Å². The van der Waals surface area contributed by atoms with Crippen LogP contribution in [0.25, 0.3) is 11.1 Å². The van der Waals surface area contributed by atoms with Gasteiger partial charge in [-0.15, -0.1) is 24.0 Å². The number of rotatable bonds is 8. The fraction of sp³-hybridized carbons (Fsp3) is 0.333. The van der Waals surface area contributed by atoms with Crippen molar-refractivity contribution in [2.24, 2.45) is 0 Å². The molecule has 0 aliphatic heterocycles. The van der Waals surface area contributed by atoms with Crippen molar-refractivity contribution in [2.45, 2.75) is 6.92 Å². The van der Waals surface area contributed by atoms with Crippen LogP contribution in [0.5, 0.6) is 5.75 Å². The van der Waals surface area contributed by atoms with Crippen LogP contribution < -0.4 is 4.74 Å². The maximum absolute atomic E-state index is 5.99. The second-order valence-electron chi connectivity index (χ2n) is 4.83. The van der Waals surface area contributed by atoms with Crippen LogP contribution in [0.4, 0.5) is 0 Å². The average Bonchev–Trinajstić information content (AvgIpc) is 2.55. The Kier molecular flexibility index (Phi) is 8.98. The fourth-order valence-electron chi connectivity index (χ4n) is 2.28. The van der Waals surface area contributed by atoms with Crippen molar-refractivity contribution in [1.82, 2.24) is 4.90 Å². The van der Waals surface area contributed by atoms with Crippen molar-refractivity contribution in [3.05, 3.63) is 54.6 Å². The summed E-state index contributed by atoms with van der Waals surface area (Å²) >= 11 is 5.79. The van der Waals surface area contributed by atoms with E-state index in [2.05, 4.69) is 30.0 Å². The predicted molar refractivity (Wildman–Crippen MR) is 97.5 cm³/mol. The van der Waals surface area contributed by atoms with Gasteiger partial charge in [0, 0.05) is 24.5 Å². The molecule has 2 nitrogen and oxygen atoms in total. The highest BCUT2D eigenvalue weighted by molar-refractivity contribution is 6.18. The van der Waals surface area contributed by atoms with Gasteiger partial charge in [-0.2, -0.15) is 0 Å². The molecule has 0 amide bonds.